The molecule has 1 unspecified atom stereocenters. The first-order valence-electron chi connectivity index (χ1n) is 5.42. The zero-order chi connectivity index (χ0) is 13.5. The van der Waals surface area contributed by atoms with Crippen molar-refractivity contribution in [2.45, 2.75) is 6.42 Å². The molecule has 1 aromatic heterocycles. The molecule has 0 radical (unpaired) electrons. The van der Waals surface area contributed by atoms with Gasteiger partial charge < -0.3 is 15.8 Å². The lowest BCUT2D eigenvalue weighted by atomic mass is 10.2. The predicted octanol–water partition coefficient (Wildman–Crippen LogP) is 0.631. The minimum atomic E-state index is -0.815. The number of pyridine rings is 1. The number of aromatic nitrogens is 1. The predicted molar refractivity (Wildman–Crippen MR) is 72.0 cm³/mol. The Balaban J connectivity index is 2.69. The molecule has 0 aliphatic heterocycles. The molecule has 0 aliphatic carbocycles. The monoisotopic (exact) mass is 271 g/mol. The van der Waals surface area contributed by atoms with Crippen LogP contribution in [0.15, 0.2) is 12.3 Å². The van der Waals surface area contributed by atoms with Gasteiger partial charge in [-0.15, -0.1) is 0 Å². The molecule has 0 saturated heterocycles. The number of nitrogens with zero attached hydrogens (tertiary/aromatic N) is 1. The van der Waals surface area contributed by atoms with E-state index in [1.165, 1.54) is 19.4 Å². The summed E-state index contributed by atoms with van der Waals surface area (Å²) < 4.78 is 15.6. The molecule has 1 heterocycles. The fourth-order valence-corrected chi connectivity index (χ4v) is 1.92. The summed E-state index contributed by atoms with van der Waals surface area (Å²) in [6.45, 7) is 0.584. The van der Waals surface area contributed by atoms with Gasteiger partial charge in [-0.25, -0.2) is 9.78 Å². The highest BCUT2D eigenvalue weighted by Crippen LogP contribution is 2.16. The number of anilines is 2. The first kappa shape index (κ1) is 14.4. The lowest BCUT2D eigenvalue weighted by Gasteiger charge is -2.09. The van der Waals surface area contributed by atoms with Crippen molar-refractivity contribution in [1.29, 1.82) is 0 Å². The molecule has 0 spiro atoms. The van der Waals surface area contributed by atoms with E-state index in [0.29, 0.717) is 29.4 Å². The zero-order valence-electron chi connectivity index (χ0n) is 10.4. The Kier molecular flexibility index (Phi) is 5.57. The van der Waals surface area contributed by atoms with Crippen LogP contribution in [0, 0.1) is 0 Å². The van der Waals surface area contributed by atoms with E-state index < -0.39 is 16.8 Å². The standard InChI is InChI=1S/C11H17N3O3S/c1-17-11(15)9-6-8(12)7-14-10(9)13-4-3-5-18(2)16/h6-7H,3-5,12H2,1-2H3,(H,13,14). The zero-order valence-corrected chi connectivity index (χ0v) is 11.3. The molecule has 1 rings (SSSR count). The van der Waals surface area contributed by atoms with E-state index in [1.807, 2.05) is 0 Å². The van der Waals surface area contributed by atoms with E-state index in [1.54, 1.807) is 6.26 Å². The van der Waals surface area contributed by atoms with Crippen molar-refractivity contribution >= 4 is 28.3 Å². The Morgan fingerprint density at radius 3 is 2.94 bits per heavy atom. The number of nitrogen functional groups attached to an aromatic ring is 1. The van der Waals surface area contributed by atoms with E-state index in [9.17, 15) is 9.00 Å². The van der Waals surface area contributed by atoms with Gasteiger partial charge in [0, 0.05) is 29.4 Å². The third-order valence-electron chi connectivity index (χ3n) is 2.22. The second-order valence-corrected chi connectivity index (χ2v) is 5.27. The van der Waals surface area contributed by atoms with Gasteiger partial charge in [-0.1, -0.05) is 0 Å². The topological polar surface area (TPSA) is 94.3 Å². The maximum Gasteiger partial charge on any atom is 0.341 e. The third kappa shape index (κ3) is 4.33. The Labute approximate surface area is 108 Å². The normalized spacial score (nSPS) is 11.9. The third-order valence-corrected chi connectivity index (χ3v) is 3.08. The summed E-state index contributed by atoms with van der Waals surface area (Å²) in [4.78, 5) is 15.6. The lowest BCUT2D eigenvalue weighted by Crippen LogP contribution is -2.13. The number of carbonyl (C=O) groups excluding carboxylic acids is 1. The molecule has 18 heavy (non-hydrogen) atoms. The van der Waals surface area contributed by atoms with Gasteiger partial charge >= 0.3 is 5.97 Å². The Hall–Kier alpha value is -1.63. The number of hydrogen-bond acceptors (Lipinski definition) is 6. The molecule has 6 nitrogen and oxygen atoms in total. The van der Waals surface area contributed by atoms with E-state index in [2.05, 4.69) is 15.0 Å². The summed E-state index contributed by atoms with van der Waals surface area (Å²) in [7, 11) is 0.486. The van der Waals surface area contributed by atoms with Crippen molar-refractivity contribution in [3.05, 3.63) is 17.8 Å². The Morgan fingerprint density at radius 2 is 2.33 bits per heavy atom. The summed E-state index contributed by atoms with van der Waals surface area (Å²) in [5.41, 5.74) is 6.28. The molecule has 3 N–H and O–H groups in total. The molecular formula is C11H17N3O3S. The molecule has 0 bridgehead atoms. The van der Waals surface area contributed by atoms with Crippen LogP contribution in [0.5, 0.6) is 0 Å². The van der Waals surface area contributed by atoms with Crippen LogP contribution in [0.2, 0.25) is 0 Å². The SMILES string of the molecule is COC(=O)c1cc(N)cnc1NCCCS(C)=O. The minimum Gasteiger partial charge on any atom is -0.465 e. The molecular weight excluding hydrogens is 254 g/mol. The molecule has 100 valence electrons. The molecule has 1 atom stereocenters. The highest BCUT2D eigenvalue weighted by molar-refractivity contribution is 7.84. The largest absolute Gasteiger partial charge is 0.465 e. The summed E-state index contributed by atoms with van der Waals surface area (Å²) >= 11 is 0. The number of hydrogen-bond donors (Lipinski definition) is 2. The van der Waals surface area contributed by atoms with Crippen molar-refractivity contribution in [3.8, 4) is 0 Å². The Bertz CT molecular complexity index is 451. The van der Waals surface area contributed by atoms with Crippen LogP contribution in [-0.4, -0.2) is 40.8 Å². The first-order valence-corrected chi connectivity index (χ1v) is 7.15. The van der Waals surface area contributed by atoms with Gasteiger partial charge in [-0.3, -0.25) is 4.21 Å². The van der Waals surface area contributed by atoms with Gasteiger partial charge in [0.15, 0.2) is 0 Å². The highest BCUT2D eigenvalue weighted by Gasteiger charge is 2.13. The number of ether oxygens (including phenoxy) is 1. The molecule has 7 heteroatoms. The van der Waals surface area contributed by atoms with E-state index in [-0.39, 0.29) is 0 Å². The van der Waals surface area contributed by atoms with E-state index >= 15 is 0 Å². The van der Waals surface area contributed by atoms with E-state index in [0.717, 1.165) is 6.42 Å². The molecule has 0 saturated carbocycles. The van der Waals surface area contributed by atoms with Gasteiger partial charge in [0.2, 0.25) is 0 Å². The molecule has 0 aliphatic rings. The van der Waals surface area contributed by atoms with Crippen LogP contribution in [0.4, 0.5) is 11.5 Å². The summed E-state index contributed by atoms with van der Waals surface area (Å²) in [6.07, 6.45) is 3.85. The van der Waals surface area contributed by atoms with Crippen LogP contribution in [0.3, 0.4) is 0 Å². The fourth-order valence-electron chi connectivity index (χ4n) is 1.37. The van der Waals surface area contributed by atoms with Gasteiger partial charge in [-0.2, -0.15) is 0 Å². The van der Waals surface area contributed by atoms with Gasteiger partial charge in [-0.05, 0) is 12.5 Å². The molecule has 0 aromatic carbocycles. The van der Waals surface area contributed by atoms with Crippen LogP contribution in [-0.2, 0) is 15.5 Å². The smallest absolute Gasteiger partial charge is 0.341 e. The van der Waals surface area contributed by atoms with E-state index in [4.69, 9.17) is 5.73 Å². The van der Waals surface area contributed by atoms with Crippen LogP contribution in [0.1, 0.15) is 16.8 Å². The number of esters is 1. The van der Waals surface area contributed by atoms with Gasteiger partial charge in [0.05, 0.1) is 19.0 Å². The maximum absolute atomic E-state index is 11.5. The van der Waals surface area contributed by atoms with Crippen molar-refractivity contribution < 1.29 is 13.7 Å². The van der Waals surface area contributed by atoms with Crippen LogP contribution in [0.25, 0.3) is 0 Å². The highest BCUT2D eigenvalue weighted by atomic mass is 32.2. The van der Waals surface area contributed by atoms with Crippen molar-refractivity contribution in [1.82, 2.24) is 4.98 Å². The molecule has 0 fully saturated rings. The van der Waals surface area contributed by atoms with Crippen molar-refractivity contribution in [3.63, 3.8) is 0 Å². The number of methoxy groups -OCH3 is 1. The lowest BCUT2D eigenvalue weighted by molar-refractivity contribution is 0.0601. The number of rotatable bonds is 6. The fraction of sp³-hybridized carbons (Fsp3) is 0.455. The second kappa shape index (κ2) is 6.95. The van der Waals surface area contributed by atoms with Crippen LogP contribution >= 0.6 is 0 Å². The molecule has 0 amide bonds. The first-order chi connectivity index (χ1) is 8.54. The Morgan fingerprint density at radius 1 is 1.61 bits per heavy atom. The quantitative estimate of drug-likeness (QED) is 0.582. The number of nitrogens with one attached hydrogen (secondary N) is 1. The van der Waals surface area contributed by atoms with Gasteiger partial charge in [0.1, 0.15) is 11.4 Å². The summed E-state index contributed by atoms with van der Waals surface area (Å²) in [5, 5.41) is 3.01. The summed E-state index contributed by atoms with van der Waals surface area (Å²) in [5.74, 6) is 0.546. The summed E-state index contributed by atoms with van der Waals surface area (Å²) in [6, 6.07) is 1.51. The maximum atomic E-state index is 11.5. The average molecular weight is 271 g/mol. The second-order valence-electron chi connectivity index (χ2n) is 3.71. The van der Waals surface area contributed by atoms with Crippen molar-refractivity contribution in [2.24, 2.45) is 0 Å². The minimum absolute atomic E-state index is 0.301. The van der Waals surface area contributed by atoms with Crippen LogP contribution < -0.4 is 11.1 Å². The van der Waals surface area contributed by atoms with Gasteiger partial charge in [0.25, 0.3) is 0 Å². The average Bonchev–Trinajstić information content (AvgIpc) is 2.34. The number of nitrogens with two attached hydrogens (primary N) is 1. The molecule has 1 aromatic rings. The van der Waals surface area contributed by atoms with Crippen molar-refractivity contribution in [2.75, 3.05) is 36.7 Å². The number of carbonyl (C=O) groups is 1.